The summed E-state index contributed by atoms with van der Waals surface area (Å²) in [5.41, 5.74) is 0.181. The molecule has 0 aliphatic carbocycles. The van der Waals surface area contributed by atoms with E-state index in [1.54, 1.807) is 18.7 Å². The fourth-order valence-corrected chi connectivity index (χ4v) is 4.92. The third-order valence-electron chi connectivity index (χ3n) is 6.59. The van der Waals surface area contributed by atoms with E-state index in [0.29, 0.717) is 44.4 Å². The predicted molar refractivity (Wildman–Crippen MR) is 113 cm³/mol. The summed E-state index contributed by atoms with van der Waals surface area (Å²) >= 11 is 0. The molecule has 172 valence electrons. The molecule has 4 rings (SSSR count). The van der Waals surface area contributed by atoms with Crippen molar-refractivity contribution in [2.24, 2.45) is 0 Å². The van der Waals surface area contributed by atoms with Crippen LogP contribution in [0.3, 0.4) is 0 Å². The number of amides is 1. The SMILES string of the molecule is C[C@@H]1COC[C@H]2COc3c(nc(C(=O)N4CCC[C@@H]4CO)nc3C(C)(C)S(C)(=O)=O)N21. The van der Waals surface area contributed by atoms with Crippen LogP contribution in [0, 0.1) is 0 Å². The Kier molecular flexibility index (Phi) is 5.63. The number of hydrogen-bond acceptors (Lipinski definition) is 9. The zero-order valence-corrected chi connectivity index (χ0v) is 19.2. The van der Waals surface area contributed by atoms with Gasteiger partial charge in [-0.05, 0) is 33.6 Å². The van der Waals surface area contributed by atoms with Gasteiger partial charge < -0.3 is 24.4 Å². The number of likely N-dealkylation sites (tertiary alicyclic amines) is 1. The number of hydrogen-bond donors (Lipinski definition) is 1. The quantitative estimate of drug-likeness (QED) is 0.686. The molecule has 0 bridgehead atoms. The summed E-state index contributed by atoms with van der Waals surface area (Å²) < 4.78 is 35.5. The number of carbonyl (C=O) groups excluding carboxylic acids is 1. The van der Waals surface area contributed by atoms with Gasteiger partial charge in [-0.1, -0.05) is 0 Å². The molecule has 0 saturated carbocycles. The van der Waals surface area contributed by atoms with Gasteiger partial charge in [0.15, 0.2) is 21.4 Å². The Labute approximate surface area is 182 Å². The molecule has 31 heavy (non-hydrogen) atoms. The molecule has 3 atom stereocenters. The molecule has 1 amide bonds. The standard InChI is InChI=1S/C20H30N4O6S/c1-12-9-29-10-14-11-30-15-16(20(2,3)31(4,27)28)21-17(22-18(15)24(12)14)19(26)23-7-5-6-13(23)8-25/h12-14,25H,5-11H2,1-4H3/t12-,13-,14+/m1/s1. The number of anilines is 1. The number of aliphatic hydroxyl groups is 1. The van der Waals surface area contributed by atoms with E-state index in [2.05, 4.69) is 14.9 Å². The normalized spacial score (nSPS) is 26.3. The molecule has 1 aromatic rings. The topological polar surface area (TPSA) is 122 Å². The molecule has 0 aromatic carbocycles. The first-order valence-electron chi connectivity index (χ1n) is 10.6. The minimum atomic E-state index is -3.59. The molecule has 11 heteroatoms. The third-order valence-corrected chi connectivity index (χ3v) is 8.63. The van der Waals surface area contributed by atoms with Crippen LogP contribution in [0.2, 0.25) is 0 Å². The summed E-state index contributed by atoms with van der Waals surface area (Å²) in [7, 11) is -3.59. The van der Waals surface area contributed by atoms with Gasteiger partial charge in [0.05, 0.1) is 37.9 Å². The number of aliphatic hydroxyl groups excluding tert-OH is 1. The highest BCUT2D eigenvalue weighted by Crippen LogP contribution is 2.43. The lowest BCUT2D eigenvalue weighted by Gasteiger charge is -2.45. The van der Waals surface area contributed by atoms with Gasteiger partial charge in [0.25, 0.3) is 5.91 Å². The summed E-state index contributed by atoms with van der Waals surface area (Å²) in [5, 5.41) is 9.65. The summed E-state index contributed by atoms with van der Waals surface area (Å²) in [6, 6.07) is -0.393. The average Bonchev–Trinajstić information content (AvgIpc) is 3.20. The molecule has 4 heterocycles. The van der Waals surface area contributed by atoms with Crippen LogP contribution in [0.1, 0.15) is 49.9 Å². The van der Waals surface area contributed by atoms with E-state index in [1.165, 1.54) is 0 Å². The molecule has 3 aliphatic rings. The maximum absolute atomic E-state index is 13.3. The molecule has 0 radical (unpaired) electrons. The van der Waals surface area contributed by atoms with Crippen molar-refractivity contribution >= 4 is 21.6 Å². The number of fused-ring (bicyclic) bond motifs is 3. The first-order chi connectivity index (χ1) is 14.6. The Balaban J connectivity index is 1.89. The second kappa shape index (κ2) is 7.86. The van der Waals surface area contributed by atoms with E-state index < -0.39 is 20.5 Å². The number of aromatic nitrogens is 2. The first-order valence-corrected chi connectivity index (χ1v) is 12.5. The molecular formula is C20H30N4O6S. The Morgan fingerprint density at radius 1 is 1.26 bits per heavy atom. The predicted octanol–water partition coefficient (Wildman–Crippen LogP) is 0.339. The van der Waals surface area contributed by atoms with E-state index in [9.17, 15) is 18.3 Å². The van der Waals surface area contributed by atoms with Gasteiger partial charge in [0.2, 0.25) is 5.82 Å². The van der Waals surface area contributed by atoms with E-state index in [-0.39, 0.29) is 36.3 Å². The minimum absolute atomic E-state index is 0.0228. The molecule has 2 fully saturated rings. The van der Waals surface area contributed by atoms with Crippen LogP contribution >= 0.6 is 0 Å². The fourth-order valence-electron chi connectivity index (χ4n) is 4.43. The van der Waals surface area contributed by atoms with E-state index in [0.717, 1.165) is 12.7 Å². The van der Waals surface area contributed by atoms with Crippen molar-refractivity contribution in [1.29, 1.82) is 0 Å². The van der Waals surface area contributed by atoms with Gasteiger partial charge in [-0.2, -0.15) is 0 Å². The Morgan fingerprint density at radius 3 is 2.68 bits per heavy atom. The largest absolute Gasteiger partial charge is 0.486 e. The smallest absolute Gasteiger partial charge is 0.292 e. The maximum atomic E-state index is 13.3. The van der Waals surface area contributed by atoms with Gasteiger partial charge in [-0.15, -0.1) is 0 Å². The van der Waals surface area contributed by atoms with Crippen molar-refractivity contribution in [2.75, 3.05) is 44.1 Å². The zero-order chi connectivity index (χ0) is 22.6. The highest BCUT2D eigenvalue weighted by Gasteiger charge is 2.45. The maximum Gasteiger partial charge on any atom is 0.292 e. The third kappa shape index (κ3) is 3.66. The van der Waals surface area contributed by atoms with Crippen molar-refractivity contribution in [3.63, 3.8) is 0 Å². The number of ether oxygens (including phenoxy) is 2. The van der Waals surface area contributed by atoms with E-state index in [4.69, 9.17) is 9.47 Å². The van der Waals surface area contributed by atoms with Crippen molar-refractivity contribution < 1.29 is 27.8 Å². The number of rotatable bonds is 4. The summed E-state index contributed by atoms with van der Waals surface area (Å²) in [6.07, 6.45) is 2.64. The van der Waals surface area contributed by atoms with Gasteiger partial charge in [0.1, 0.15) is 17.0 Å². The van der Waals surface area contributed by atoms with Gasteiger partial charge >= 0.3 is 0 Å². The second-order valence-corrected chi connectivity index (χ2v) is 11.6. The zero-order valence-electron chi connectivity index (χ0n) is 18.4. The van der Waals surface area contributed by atoms with Gasteiger partial charge in [0, 0.05) is 12.8 Å². The Hall–Kier alpha value is -1.98. The number of morpholine rings is 1. The Bertz CT molecular complexity index is 982. The summed E-state index contributed by atoms with van der Waals surface area (Å²) in [6.45, 7) is 6.75. The fraction of sp³-hybridized carbons (Fsp3) is 0.750. The Morgan fingerprint density at radius 2 is 2.00 bits per heavy atom. The highest BCUT2D eigenvalue weighted by atomic mass is 32.2. The molecule has 0 spiro atoms. The average molecular weight is 455 g/mol. The number of nitrogens with zero attached hydrogens (tertiary/aromatic N) is 4. The molecule has 1 aromatic heterocycles. The van der Waals surface area contributed by atoms with Crippen molar-refractivity contribution in [2.45, 2.75) is 56.5 Å². The van der Waals surface area contributed by atoms with Gasteiger partial charge in [-0.25, -0.2) is 18.4 Å². The minimum Gasteiger partial charge on any atom is -0.486 e. The van der Waals surface area contributed by atoms with Crippen molar-refractivity contribution in [3.8, 4) is 5.75 Å². The molecule has 10 nitrogen and oxygen atoms in total. The summed E-state index contributed by atoms with van der Waals surface area (Å²) in [5.74, 6) is 0.246. The second-order valence-electron chi connectivity index (χ2n) is 9.07. The first kappa shape index (κ1) is 22.2. The molecule has 0 unspecified atom stereocenters. The number of sulfone groups is 1. The van der Waals surface area contributed by atoms with Crippen LogP contribution in [0.25, 0.3) is 0 Å². The monoisotopic (exact) mass is 454 g/mol. The lowest BCUT2D eigenvalue weighted by molar-refractivity contribution is 0.0479. The molecular weight excluding hydrogens is 424 g/mol. The van der Waals surface area contributed by atoms with Crippen LogP contribution in [0.5, 0.6) is 5.75 Å². The highest BCUT2D eigenvalue weighted by molar-refractivity contribution is 7.91. The van der Waals surface area contributed by atoms with Crippen LogP contribution < -0.4 is 9.64 Å². The molecule has 3 aliphatic heterocycles. The van der Waals surface area contributed by atoms with Crippen molar-refractivity contribution in [1.82, 2.24) is 14.9 Å². The molecule has 1 N–H and O–H groups in total. The van der Waals surface area contributed by atoms with Crippen LogP contribution in [0.15, 0.2) is 0 Å². The van der Waals surface area contributed by atoms with Crippen LogP contribution in [-0.4, -0.2) is 91.7 Å². The van der Waals surface area contributed by atoms with E-state index >= 15 is 0 Å². The number of carbonyl (C=O) groups is 1. The summed E-state index contributed by atoms with van der Waals surface area (Å²) in [4.78, 5) is 26.0. The van der Waals surface area contributed by atoms with Crippen LogP contribution in [-0.2, 0) is 19.3 Å². The van der Waals surface area contributed by atoms with Crippen LogP contribution in [0.4, 0.5) is 5.82 Å². The lowest BCUT2D eigenvalue weighted by Crippen LogP contribution is -2.56. The van der Waals surface area contributed by atoms with Crippen molar-refractivity contribution in [3.05, 3.63) is 11.5 Å². The van der Waals surface area contributed by atoms with E-state index in [1.807, 2.05) is 6.92 Å². The van der Waals surface area contributed by atoms with Gasteiger partial charge in [-0.3, -0.25) is 4.79 Å². The lowest BCUT2D eigenvalue weighted by atomic mass is 10.0. The molecule has 2 saturated heterocycles.